The minimum absolute atomic E-state index is 0.0554. The van der Waals surface area contributed by atoms with Gasteiger partial charge in [0.15, 0.2) is 0 Å². The van der Waals surface area contributed by atoms with E-state index in [2.05, 4.69) is 20.9 Å². The Kier molecular flexibility index (Phi) is 10.8. The number of amides is 3. The van der Waals surface area contributed by atoms with E-state index in [1.807, 2.05) is 12.1 Å². The van der Waals surface area contributed by atoms with Crippen molar-refractivity contribution in [2.75, 3.05) is 0 Å². The molecule has 3 amide bonds. The first-order valence-corrected chi connectivity index (χ1v) is 12.2. The Labute approximate surface area is 219 Å². The van der Waals surface area contributed by atoms with Crippen molar-refractivity contribution < 1.29 is 39.3 Å². The highest BCUT2D eigenvalue weighted by atomic mass is 16.4. The molecule has 0 saturated heterocycles. The molecule has 1 heterocycles. The number of hydrogen-bond donors (Lipinski definition) is 8. The summed E-state index contributed by atoms with van der Waals surface area (Å²) in [6.07, 6.45) is -0.0307. The van der Waals surface area contributed by atoms with Gasteiger partial charge in [-0.15, -0.1) is 0 Å². The molecule has 6 atom stereocenters. The van der Waals surface area contributed by atoms with E-state index in [1.165, 1.54) is 6.92 Å². The molecule has 0 aliphatic carbocycles. The van der Waals surface area contributed by atoms with Crippen LogP contribution in [-0.2, 0) is 30.4 Å². The van der Waals surface area contributed by atoms with E-state index < -0.39 is 72.3 Å². The maximum Gasteiger partial charge on any atom is 0.326 e. The SMILES string of the molecule is CCC(C)C(NC(=O)C(NC(=O)C(Cc1c[nH]c2ccccc12)NC(=O)C(N)CC(=O)O)C(C)O)C(=O)O. The summed E-state index contributed by atoms with van der Waals surface area (Å²) in [7, 11) is 0. The topological polar surface area (TPSA) is 224 Å². The summed E-state index contributed by atoms with van der Waals surface area (Å²) < 4.78 is 0. The molecular formula is C25H35N5O8. The van der Waals surface area contributed by atoms with Gasteiger partial charge in [-0.1, -0.05) is 38.5 Å². The van der Waals surface area contributed by atoms with Gasteiger partial charge in [0, 0.05) is 23.5 Å². The number of aliphatic hydroxyl groups is 1. The number of carboxylic acid groups (broad SMARTS) is 2. The average Bonchev–Trinajstić information content (AvgIpc) is 3.26. The minimum Gasteiger partial charge on any atom is -0.481 e. The Balaban J connectivity index is 2.30. The summed E-state index contributed by atoms with van der Waals surface area (Å²) in [4.78, 5) is 64.5. The smallest absolute Gasteiger partial charge is 0.326 e. The molecular weight excluding hydrogens is 498 g/mol. The fraction of sp³-hybridized carbons (Fsp3) is 0.480. The van der Waals surface area contributed by atoms with Crippen LogP contribution in [0, 0.1) is 5.92 Å². The highest BCUT2D eigenvalue weighted by Gasteiger charge is 2.34. The highest BCUT2D eigenvalue weighted by Crippen LogP contribution is 2.19. The molecule has 1 aromatic carbocycles. The number of para-hydroxylation sites is 1. The van der Waals surface area contributed by atoms with Crippen molar-refractivity contribution in [3.8, 4) is 0 Å². The molecule has 0 fully saturated rings. The van der Waals surface area contributed by atoms with E-state index in [9.17, 15) is 34.2 Å². The Hall–Kier alpha value is -3.97. The number of H-pyrrole nitrogens is 1. The summed E-state index contributed by atoms with van der Waals surface area (Å²) >= 11 is 0. The van der Waals surface area contributed by atoms with Crippen molar-refractivity contribution in [1.29, 1.82) is 0 Å². The van der Waals surface area contributed by atoms with Crippen LogP contribution in [0.15, 0.2) is 30.5 Å². The van der Waals surface area contributed by atoms with Crippen molar-refractivity contribution in [2.45, 2.75) is 70.3 Å². The number of fused-ring (bicyclic) bond motifs is 1. The zero-order chi connectivity index (χ0) is 28.6. The lowest BCUT2D eigenvalue weighted by molar-refractivity contribution is -0.144. The predicted molar refractivity (Wildman–Crippen MR) is 137 cm³/mol. The van der Waals surface area contributed by atoms with Gasteiger partial charge in [-0.25, -0.2) is 4.79 Å². The third kappa shape index (κ3) is 8.02. The number of nitrogens with two attached hydrogens (primary N) is 1. The van der Waals surface area contributed by atoms with Gasteiger partial charge in [-0.05, 0) is 24.5 Å². The van der Waals surface area contributed by atoms with E-state index in [1.54, 1.807) is 32.2 Å². The number of aromatic amines is 1. The van der Waals surface area contributed by atoms with Gasteiger partial charge in [0.1, 0.15) is 18.1 Å². The number of carbonyl (C=O) groups excluding carboxylic acids is 3. The van der Waals surface area contributed by atoms with Crippen LogP contribution < -0.4 is 21.7 Å². The summed E-state index contributed by atoms with van der Waals surface area (Å²) in [6, 6.07) is 1.70. The van der Waals surface area contributed by atoms with Gasteiger partial charge in [-0.3, -0.25) is 19.2 Å². The lowest BCUT2D eigenvalue weighted by atomic mass is 9.98. The quantitative estimate of drug-likeness (QED) is 0.156. The van der Waals surface area contributed by atoms with Gasteiger partial charge in [0.25, 0.3) is 0 Å². The third-order valence-corrected chi connectivity index (χ3v) is 6.30. The number of hydrogen-bond acceptors (Lipinski definition) is 7. The summed E-state index contributed by atoms with van der Waals surface area (Å²) in [5.74, 6) is -5.66. The molecule has 0 aliphatic heterocycles. The van der Waals surface area contributed by atoms with Crippen molar-refractivity contribution in [3.63, 3.8) is 0 Å². The summed E-state index contributed by atoms with van der Waals surface area (Å²) in [5.41, 5.74) is 7.09. The summed E-state index contributed by atoms with van der Waals surface area (Å²) in [5, 5.41) is 36.6. The Morgan fingerprint density at radius 1 is 0.947 bits per heavy atom. The summed E-state index contributed by atoms with van der Waals surface area (Å²) in [6.45, 7) is 4.65. The molecule has 0 aliphatic rings. The molecule has 2 aromatic rings. The van der Waals surface area contributed by atoms with Crippen molar-refractivity contribution in [3.05, 3.63) is 36.0 Å². The highest BCUT2D eigenvalue weighted by molar-refractivity contribution is 5.95. The molecule has 13 heteroatoms. The Bertz CT molecular complexity index is 1160. The second-order valence-corrected chi connectivity index (χ2v) is 9.27. The average molecular weight is 534 g/mol. The number of benzene rings is 1. The molecule has 0 saturated carbocycles. The zero-order valence-corrected chi connectivity index (χ0v) is 21.4. The van der Waals surface area contributed by atoms with Crippen LogP contribution in [0.3, 0.4) is 0 Å². The zero-order valence-electron chi connectivity index (χ0n) is 21.4. The molecule has 0 spiro atoms. The van der Waals surface area contributed by atoms with Crippen LogP contribution in [0.25, 0.3) is 10.9 Å². The first-order chi connectivity index (χ1) is 17.8. The van der Waals surface area contributed by atoms with Crippen LogP contribution >= 0.6 is 0 Å². The first kappa shape index (κ1) is 30.3. The van der Waals surface area contributed by atoms with Crippen LogP contribution in [-0.4, -0.2) is 80.2 Å². The van der Waals surface area contributed by atoms with Gasteiger partial charge >= 0.3 is 11.9 Å². The van der Waals surface area contributed by atoms with Gasteiger partial charge in [-0.2, -0.15) is 0 Å². The van der Waals surface area contributed by atoms with E-state index in [-0.39, 0.29) is 6.42 Å². The normalized spacial score (nSPS) is 15.9. The van der Waals surface area contributed by atoms with Crippen LogP contribution in [0.5, 0.6) is 0 Å². The van der Waals surface area contributed by atoms with E-state index >= 15 is 0 Å². The Morgan fingerprint density at radius 2 is 1.58 bits per heavy atom. The monoisotopic (exact) mass is 533 g/mol. The van der Waals surface area contributed by atoms with Crippen molar-refractivity contribution in [1.82, 2.24) is 20.9 Å². The molecule has 13 nitrogen and oxygen atoms in total. The first-order valence-electron chi connectivity index (χ1n) is 12.2. The predicted octanol–water partition coefficient (Wildman–Crippen LogP) is -0.522. The maximum atomic E-state index is 13.3. The lowest BCUT2D eigenvalue weighted by Gasteiger charge is -2.27. The number of aromatic nitrogens is 1. The van der Waals surface area contributed by atoms with Crippen LogP contribution in [0.4, 0.5) is 0 Å². The van der Waals surface area contributed by atoms with Crippen molar-refractivity contribution >= 4 is 40.6 Å². The molecule has 2 rings (SSSR count). The van der Waals surface area contributed by atoms with Crippen LogP contribution in [0.2, 0.25) is 0 Å². The van der Waals surface area contributed by atoms with Gasteiger partial charge in [0.05, 0.1) is 18.6 Å². The second-order valence-electron chi connectivity index (χ2n) is 9.27. The Morgan fingerprint density at radius 3 is 2.16 bits per heavy atom. The van der Waals surface area contributed by atoms with E-state index in [4.69, 9.17) is 10.8 Å². The van der Waals surface area contributed by atoms with E-state index in [0.29, 0.717) is 12.0 Å². The number of aliphatic carboxylic acids is 2. The van der Waals surface area contributed by atoms with Crippen molar-refractivity contribution in [2.24, 2.45) is 11.7 Å². The number of nitrogens with one attached hydrogen (secondary N) is 4. The molecule has 9 N–H and O–H groups in total. The number of carboxylic acids is 2. The standard InChI is InChI=1S/C25H35N5O8/c1-4-12(2)20(25(37)38)29-24(36)21(13(3)31)30-23(35)18(28-22(34)16(26)10-19(32)33)9-14-11-27-17-8-6-5-7-15(14)17/h5-8,11-13,16,18,20-21,27,31H,4,9-10,26H2,1-3H3,(H,28,34)(H,29,36)(H,30,35)(H,32,33)(H,37,38). The number of rotatable bonds is 14. The molecule has 0 bridgehead atoms. The number of carbonyl (C=O) groups is 5. The second kappa shape index (κ2) is 13.5. The minimum atomic E-state index is -1.54. The van der Waals surface area contributed by atoms with Gasteiger partial charge in [0.2, 0.25) is 17.7 Å². The lowest BCUT2D eigenvalue weighted by Crippen LogP contribution is -2.60. The van der Waals surface area contributed by atoms with E-state index in [0.717, 1.165) is 10.9 Å². The molecule has 208 valence electrons. The molecule has 1 aromatic heterocycles. The molecule has 0 radical (unpaired) electrons. The molecule has 38 heavy (non-hydrogen) atoms. The molecule has 6 unspecified atom stereocenters. The fourth-order valence-electron chi connectivity index (χ4n) is 3.87. The number of aliphatic hydroxyl groups excluding tert-OH is 1. The van der Waals surface area contributed by atoms with Crippen LogP contribution in [0.1, 0.15) is 39.2 Å². The fourth-order valence-corrected chi connectivity index (χ4v) is 3.87. The van der Waals surface area contributed by atoms with Gasteiger partial charge < -0.3 is 42.0 Å². The maximum absolute atomic E-state index is 13.3. The third-order valence-electron chi connectivity index (χ3n) is 6.30. The largest absolute Gasteiger partial charge is 0.481 e.